The number of hydrogen-bond donors (Lipinski definition) is 0. The van der Waals surface area contributed by atoms with E-state index in [4.69, 9.17) is 4.98 Å². The van der Waals surface area contributed by atoms with Crippen LogP contribution in [0.5, 0.6) is 0 Å². The minimum absolute atomic E-state index is 0.778. The number of hydrogen-bond acceptors (Lipinski definition) is 5. The molecule has 5 rings (SSSR count). The fourth-order valence-corrected chi connectivity index (χ4v) is 3.78. The van der Waals surface area contributed by atoms with Crippen LogP contribution in [0.25, 0.3) is 11.4 Å². The van der Waals surface area contributed by atoms with Gasteiger partial charge < -0.3 is 4.57 Å². The summed E-state index contributed by atoms with van der Waals surface area (Å²) in [6.45, 7) is 3.57. The highest BCUT2D eigenvalue weighted by atomic mass is 15.2. The predicted molar refractivity (Wildman–Crippen MR) is 111 cm³/mol. The van der Waals surface area contributed by atoms with Crippen LogP contribution in [0.4, 0.5) is 0 Å². The zero-order valence-electron chi connectivity index (χ0n) is 16.1. The van der Waals surface area contributed by atoms with Crippen molar-refractivity contribution in [3.05, 3.63) is 96.1 Å². The molecule has 3 aromatic heterocycles. The zero-order chi connectivity index (χ0) is 19.5. The van der Waals surface area contributed by atoms with Gasteiger partial charge in [0.1, 0.15) is 0 Å². The Labute approximate surface area is 169 Å². The second-order valence-electron chi connectivity index (χ2n) is 7.36. The van der Waals surface area contributed by atoms with Crippen LogP contribution in [-0.4, -0.2) is 35.9 Å². The van der Waals surface area contributed by atoms with Gasteiger partial charge in [-0.1, -0.05) is 30.3 Å². The van der Waals surface area contributed by atoms with Gasteiger partial charge in [0.05, 0.1) is 17.7 Å². The van der Waals surface area contributed by atoms with Crippen molar-refractivity contribution in [3.63, 3.8) is 0 Å². The zero-order valence-corrected chi connectivity index (χ0v) is 16.1. The van der Waals surface area contributed by atoms with Crippen LogP contribution in [0, 0.1) is 0 Å². The normalized spacial score (nSPS) is 13.9. The fourth-order valence-electron chi connectivity index (χ4n) is 3.78. The summed E-state index contributed by atoms with van der Waals surface area (Å²) in [7, 11) is 0. The summed E-state index contributed by atoms with van der Waals surface area (Å²) >= 11 is 0. The Morgan fingerprint density at radius 3 is 2.62 bits per heavy atom. The van der Waals surface area contributed by atoms with Crippen LogP contribution in [0.3, 0.4) is 0 Å². The van der Waals surface area contributed by atoms with E-state index in [1.54, 1.807) is 12.4 Å². The quantitative estimate of drug-likeness (QED) is 0.530. The van der Waals surface area contributed by atoms with E-state index in [2.05, 4.69) is 48.7 Å². The van der Waals surface area contributed by atoms with E-state index < -0.39 is 0 Å². The molecular formula is C23H22N6. The lowest BCUT2D eigenvalue weighted by Crippen LogP contribution is -2.31. The molecule has 144 valence electrons. The molecule has 1 aromatic carbocycles. The van der Waals surface area contributed by atoms with Crippen LogP contribution in [-0.2, 0) is 26.1 Å². The Hall–Kier alpha value is -3.38. The number of fused-ring (bicyclic) bond motifs is 1. The minimum atomic E-state index is 0.778. The maximum absolute atomic E-state index is 4.81. The lowest BCUT2D eigenvalue weighted by molar-refractivity contribution is 0.237. The van der Waals surface area contributed by atoms with Crippen molar-refractivity contribution in [2.45, 2.75) is 26.1 Å². The van der Waals surface area contributed by atoms with Crippen molar-refractivity contribution < 1.29 is 0 Å². The van der Waals surface area contributed by atoms with E-state index in [1.807, 2.05) is 36.9 Å². The smallest absolute Gasteiger partial charge is 0.159 e. The summed E-state index contributed by atoms with van der Waals surface area (Å²) in [5, 5.41) is 0. The van der Waals surface area contributed by atoms with Crippen molar-refractivity contribution in [2.24, 2.45) is 0 Å². The van der Waals surface area contributed by atoms with Crippen LogP contribution < -0.4 is 0 Å². The lowest BCUT2D eigenvalue weighted by Gasteiger charge is -2.28. The van der Waals surface area contributed by atoms with Gasteiger partial charge in [-0.05, 0) is 17.7 Å². The number of imidazole rings is 1. The topological polar surface area (TPSA) is 59.7 Å². The molecule has 0 unspecified atom stereocenters. The first-order valence-electron chi connectivity index (χ1n) is 9.85. The van der Waals surface area contributed by atoms with Gasteiger partial charge in [0.25, 0.3) is 0 Å². The molecule has 6 heteroatoms. The van der Waals surface area contributed by atoms with Crippen molar-refractivity contribution in [3.8, 4) is 11.4 Å². The lowest BCUT2D eigenvalue weighted by atomic mass is 10.1. The molecule has 0 bridgehead atoms. The summed E-state index contributed by atoms with van der Waals surface area (Å²) in [6, 6.07) is 14.4. The number of rotatable bonds is 5. The molecule has 0 saturated heterocycles. The maximum Gasteiger partial charge on any atom is 0.159 e. The van der Waals surface area contributed by atoms with E-state index in [0.29, 0.717) is 0 Å². The van der Waals surface area contributed by atoms with Gasteiger partial charge in [-0.2, -0.15) is 0 Å². The minimum Gasteiger partial charge on any atom is -0.329 e. The molecule has 29 heavy (non-hydrogen) atoms. The third kappa shape index (κ3) is 3.93. The number of pyridine rings is 1. The highest BCUT2D eigenvalue weighted by molar-refractivity contribution is 5.54. The van der Waals surface area contributed by atoms with Gasteiger partial charge in [-0.15, -0.1) is 0 Å². The second-order valence-corrected chi connectivity index (χ2v) is 7.36. The van der Waals surface area contributed by atoms with E-state index in [9.17, 15) is 0 Å². The third-order valence-corrected chi connectivity index (χ3v) is 5.33. The molecule has 0 saturated carbocycles. The van der Waals surface area contributed by atoms with Crippen LogP contribution >= 0.6 is 0 Å². The molecule has 0 amide bonds. The third-order valence-electron chi connectivity index (χ3n) is 5.33. The summed E-state index contributed by atoms with van der Waals surface area (Å²) in [5.41, 5.74) is 5.89. The van der Waals surface area contributed by atoms with E-state index in [-0.39, 0.29) is 0 Å². The van der Waals surface area contributed by atoms with Crippen LogP contribution in [0.1, 0.15) is 22.5 Å². The Balaban J connectivity index is 1.29. The van der Waals surface area contributed by atoms with Crippen LogP contribution in [0.2, 0.25) is 0 Å². The molecule has 0 N–H and O–H groups in total. The Bertz CT molecular complexity index is 1090. The van der Waals surface area contributed by atoms with E-state index in [1.165, 1.54) is 16.8 Å². The second kappa shape index (κ2) is 7.93. The van der Waals surface area contributed by atoms with Gasteiger partial charge >= 0.3 is 0 Å². The van der Waals surface area contributed by atoms with Gasteiger partial charge in [-0.25, -0.2) is 15.0 Å². The maximum atomic E-state index is 4.81. The summed E-state index contributed by atoms with van der Waals surface area (Å²) in [6.07, 6.45) is 10.4. The number of nitrogens with zero attached hydrogens (tertiary/aromatic N) is 6. The summed E-state index contributed by atoms with van der Waals surface area (Å²) < 4.78 is 2.23. The Kier molecular flexibility index (Phi) is 4.84. The van der Waals surface area contributed by atoms with Crippen molar-refractivity contribution in [1.29, 1.82) is 0 Å². The molecule has 1 aliphatic rings. The highest BCUT2D eigenvalue weighted by Gasteiger charge is 2.20. The molecular weight excluding hydrogens is 360 g/mol. The summed E-state index contributed by atoms with van der Waals surface area (Å²) in [5.74, 6) is 0.778. The Morgan fingerprint density at radius 2 is 1.76 bits per heavy atom. The molecule has 0 aliphatic carbocycles. The van der Waals surface area contributed by atoms with Gasteiger partial charge in [0.2, 0.25) is 0 Å². The average molecular weight is 382 g/mol. The van der Waals surface area contributed by atoms with E-state index >= 15 is 0 Å². The molecule has 4 heterocycles. The first kappa shape index (κ1) is 17.7. The molecule has 4 aromatic rings. The van der Waals surface area contributed by atoms with Gasteiger partial charge in [0.15, 0.2) is 5.82 Å². The highest BCUT2D eigenvalue weighted by Crippen LogP contribution is 2.22. The largest absolute Gasteiger partial charge is 0.329 e. The molecule has 0 radical (unpaired) electrons. The standard InChI is InChI=1S/C23H22N6/c1-2-4-18(5-3-1)14-29-17-25-13-21(29)16-28-11-8-22-20(15-28)12-26-23(27-22)19-6-9-24-10-7-19/h1-7,9-10,12-13,17H,8,11,14-16H2. The Morgan fingerprint density at radius 1 is 0.897 bits per heavy atom. The molecule has 0 fully saturated rings. The fraction of sp³-hybridized carbons (Fsp3) is 0.217. The van der Waals surface area contributed by atoms with Crippen molar-refractivity contribution in [2.75, 3.05) is 6.54 Å². The molecule has 1 aliphatic heterocycles. The van der Waals surface area contributed by atoms with Gasteiger partial charge in [0, 0.05) is 68.5 Å². The van der Waals surface area contributed by atoms with Crippen LogP contribution in [0.15, 0.2) is 73.6 Å². The molecule has 6 nitrogen and oxygen atoms in total. The summed E-state index contributed by atoms with van der Waals surface area (Å²) in [4.78, 5) is 20.3. The van der Waals surface area contributed by atoms with E-state index in [0.717, 1.165) is 49.7 Å². The molecule has 0 spiro atoms. The SMILES string of the molecule is c1ccc(Cn2cncc2CN2CCc3nc(-c4ccncc4)ncc3C2)cc1. The molecule has 0 atom stereocenters. The van der Waals surface area contributed by atoms with Gasteiger partial charge in [-0.3, -0.25) is 9.88 Å². The first-order chi connectivity index (χ1) is 14.3. The van der Waals surface area contributed by atoms with Crippen molar-refractivity contribution in [1.82, 2.24) is 29.4 Å². The average Bonchev–Trinajstić information content (AvgIpc) is 3.21. The number of aromatic nitrogens is 5. The van der Waals surface area contributed by atoms with Crippen molar-refractivity contribution >= 4 is 0 Å². The number of benzene rings is 1. The predicted octanol–water partition coefficient (Wildman–Crippen LogP) is 3.34. The first-order valence-corrected chi connectivity index (χ1v) is 9.85. The monoisotopic (exact) mass is 382 g/mol.